The Morgan fingerprint density at radius 1 is 1.33 bits per heavy atom. The third kappa shape index (κ3) is 8.17. The molecule has 0 aromatic heterocycles. The Morgan fingerprint density at radius 2 is 1.89 bits per heavy atom. The molecule has 0 amide bonds. The van der Waals surface area contributed by atoms with Crippen molar-refractivity contribution < 1.29 is 8.42 Å². The van der Waals surface area contributed by atoms with Gasteiger partial charge in [-0.15, -0.1) is 0 Å². The van der Waals surface area contributed by atoms with Crippen molar-refractivity contribution in [3.8, 4) is 0 Å². The zero-order valence-electron chi connectivity index (χ0n) is 6.05. The van der Waals surface area contributed by atoms with Crippen LogP contribution in [-0.4, -0.2) is 30.7 Å². The average molecular weight is 166 g/mol. The molecule has 0 N–H and O–H groups in total. The molecule has 0 heterocycles. The zero-order valence-corrected chi connectivity index (χ0v) is 8.87. The molecule has 0 aliphatic carbocycles. The van der Waals surface area contributed by atoms with Gasteiger partial charge in [-0.05, 0) is 6.42 Å². The molecule has 4 heteroatoms. The molecule has 0 saturated heterocycles. The second-order valence-corrected chi connectivity index (χ2v) is 5.60. The van der Waals surface area contributed by atoms with Gasteiger partial charge < -0.3 is 0 Å². The molecular weight excluding hydrogens is 152 g/mol. The predicted octanol–water partition coefficient (Wildman–Crippen LogP) is -0.405. The smallest absolute Gasteiger partial charge is 0.147 e. The van der Waals surface area contributed by atoms with Gasteiger partial charge in [0.15, 0.2) is 0 Å². The quantitative estimate of drug-likeness (QED) is 0.420. The fourth-order valence-electron chi connectivity index (χ4n) is 0.614. The van der Waals surface area contributed by atoms with Crippen LogP contribution in [0.4, 0.5) is 0 Å². The van der Waals surface area contributed by atoms with Gasteiger partial charge in [-0.25, -0.2) is 8.42 Å². The van der Waals surface area contributed by atoms with Gasteiger partial charge in [-0.3, -0.25) is 0 Å². The van der Waals surface area contributed by atoms with E-state index in [0.29, 0.717) is 5.75 Å². The topological polar surface area (TPSA) is 34.1 Å². The van der Waals surface area contributed by atoms with E-state index in [2.05, 4.69) is 0 Å². The minimum Gasteiger partial charge on any atom is -0.229 e. The van der Waals surface area contributed by atoms with E-state index in [9.17, 15) is 8.42 Å². The number of sulfone groups is 1. The molecule has 0 radical (unpaired) electrons. The Morgan fingerprint density at radius 3 is 2.22 bits per heavy atom. The van der Waals surface area contributed by atoms with Crippen LogP contribution in [0.15, 0.2) is 0 Å². The molecule has 0 aromatic carbocycles. The summed E-state index contributed by atoms with van der Waals surface area (Å²) in [5.74, 6) is 0.370. The van der Waals surface area contributed by atoms with Crippen molar-refractivity contribution in [1.82, 2.24) is 0 Å². The normalized spacial score (nSPS) is 12.1. The Balaban J connectivity index is 3.30. The molecule has 0 bridgehead atoms. The summed E-state index contributed by atoms with van der Waals surface area (Å²) in [7, 11) is -1.49. The lowest BCUT2D eigenvalue weighted by molar-refractivity contribution is 0.598. The summed E-state index contributed by atoms with van der Waals surface area (Å²) in [6.45, 7) is 0. The first kappa shape index (κ1) is 9.17. The van der Waals surface area contributed by atoms with E-state index in [1.54, 1.807) is 0 Å². The van der Waals surface area contributed by atoms with Crippen molar-refractivity contribution in [3.63, 3.8) is 0 Å². The lowest BCUT2D eigenvalue weighted by Gasteiger charge is -1.94. The lowest BCUT2D eigenvalue weighted by Crippen LogP contribution is -2.02. The number of hydrogen-bond acceptors (Lipinski definition) is 2. The third-order valence-electron chi connectivity index (χ3n) is 1.12. The van der Waals surface area contributed by atoms with E-state index in [4.69, 9.17) is 0 Å². The minimum atomic E-state index is -2.68. The third-order valence-corrected chi connectivity index (χ3v) is 2.86. The minimum absolute atomic E-state index is 0.370. The fourth-order valence-corrected chi connectivity index (χ4v) is 1.84. The molecule has 56 valence electrons. The molecule has 0 aliphatic heterocycles. The zero-order chi connectivity index (χ0) is 7.33. The van der Waals surface area contributed by atoms with E-state index in [1.165, 1.54) is 22.5 Å². The summed E-state index contributed by atoms with van der Waals surface area (Å²) in [6, 6.07) is 1.22. The Kier molecular flexibility index (Phi) is 4.13. The molecular formula is C5H14O2SSi. The number of unbranched alkanes of at least 4 members (excludes halogenated alkanes) is 1. The van der Waals surface area contributed by atoms with Crippen molar-refractivity contribution in [2.24, 2.45) is 0 Å². The second-order valence-electron chi connectivity index (χ2n) is 2.34. The summed E-state index contributed by atoms with van der Waals surface area (Å²) in [5.41, 5.74) is 0. The van der Waals surface area contributed by atoms with E-state index >= 15 is 0 Å². The highest BCUT2D eigenvalue weighted by Crippen LogP contribution is 1.95. The van der Waals surface area contributed by atoms with Crippen molar-refractivity contribution in [3.05, 3.63) is 0 Å². The van der Waals surface area contributed by atoms with Gasteiger partial charge in [-0.2, -0.15) is 0 Å². The van der Waals surface area contributed by atoms with Crippen LogP contribution in [0.1, 0.15) is 12.8 Å². The molecule has 0 aromatic rings. The summed E-state index contributed by atoms with van der Waals surface area (Å²) < 4.78 is 21.0. The monoisotopic (exact) mass is 166 g/mol. The molecule has 0 spiro atoms. The molecule has 0 saturated carbocycles. The standard InChI is InChI=1S/C5H14O2SSi/c1-8(6,7)4-2-3-5-9/h2-5H2,1,9H3. The molecule has 2 nitrogen and oxygen atoms in total. The summed E-state index contributed by atoms with van der Waals surface area (Å²) in [6.07, 6.45) is 3.22. The van der Waals surface area contributed by atoms with Gasteiger partial charge in [0.05, 0.1) is 0 Å². The van der Waals surface area contributed by atoms with E-state index < -0.39 is 9.84 Å². The second kappa shape index (κ2) is 4.06. The molecule has 0 fully saturated rings. The maximum absolute atomic E-state index is 10.5. The fraction of sp³-hybridized carbons (Fsp3) is 1.00. The van der Waals surface area contributed by atoms with Crippen LogP contribution < -0.4 is 0 Å². The van der Waals surface area contributed by atoms with Crippen molar-refractivity contribution >= 4 is 20.1 Å². The lowest BCUT2D eigenvalue weighted by atomic mass is 10.4. The average Bonchev–Trinajstić information content (AvgIpc) is 1.63. The van der Waals surface area contributed by atoms with E-state index in [-0.39, 0.29) is 0 Å². The van der Waals surface area contributed by atoms with Gasteiger partial charge in [0.2, 0.25) is 0 Å². The molecule has 0 aliphatic rings. The summed E-state index contributed by atoms with van der Waals surface area (Å²) in [4.78, 5) is 0. The van der Waals surface area contributed by atoms with E-state index in [1.807, 2.05) is 0 Å². The Bertz CT molecular complexity index is 150. The van der Waals surface area contributed by atoms with Gasteiger partial charge >= 0.3 is 0 Å². The SMILES string of the molecule is CS(=O)(=O)CCCC[SiH3]. The number of rotatable bonds is 4. The predicted molar refractivity (Wildman–Crippen MR) is 43.7 cm³/mol. The largest absolute Gasteiger partial charge is 0.229 e. The van der Waals surface area contributed by atoms with Crippen LogP contribution in [-0.2, 0) is 9.84 Å². The van der Waals surface area contributed by atoms with Crippen LogP contribution in [0.2, 0.25) is 6.04 Å². The maximum Gasteiger partial charge on any atom is 0.147 e. The first-order chi connectivity index (χ1) is 4.06. The van der Waals surface area contributed by atoms with Crippen LogP contribution in [0, 0.1) is 0 Å². The highest BCUT2D eigenvalue weighted by atomic mass is 32.2. The Hall–Kier alpha value is 0.167. The van der Waals surface area contributed by atoms with Gasteiger partial charge in [0.1, 0.15) is 9.84 Å². The van der Waals surface area contributed by atoms with E-state index in [0.717, 1.165) is 12.8 Å². The van der Waals surface area contributed by atoms with Crippen LogP contribution in [0.3, 0.4) is 0 Å². The summed E-state index contributed by atoms with van der Waals surface area (Å²) >= 11 is 0. The van der Waals surface area contributed by atoms with Crippen LogP contribution in [0.5, 0.6) is 0 Å². The van der Waals surface area contributed by atoms with Gasteiger partial charge in [-0.1, -0.05) is 12.5 Å². The van der Waals surface area contributed by atoms with Crippen molar-refractivity contribution in [2.45, 2.75) is 18.9 Å². The van der Waals surface area contributed by atoms with Crippen LogP contribution >= 0.6 is 0 Å². The van der Waals surface area contributed by atoms with Crippen molar-refractivity contribution in [2.75, 3.05) is 12.0 Å². The highest BCUT2D eigenvalue weighted by Gasteiger charge is 1.98. The molecule has 0 rings (SSSR count). The first-order valence-corrected chi connectivity index (χ1v) is 6.71. The highest BCUT2D eigenvalue weighted by molar-refractivity contribution is 7.90. The molecule has 0 atom stereocenters. The van der Waals surface area contributed by atoms with Crippen molar-refractivity contribution in [1.29, 1.82) is 0 Å². The number of hydrogen-bond donors (Lipinski definition) is 0. The molecule has 9 heavy (non-hydrogen) atoms. The van der Waals surface area contributed by atoms with Gasteiger partial charge in [0.25, 0.3) is 0 Å². The Labute approximate surface area is 60.0 Å². The maximum atomic E-state index is 10.5. The summed E-state index contributed by atoms with van der Waals surface area (Å²) in [5, 5.41) is 0. The van der Waals surface area contributed by atoms with Crippen LogP contribution in [0.25, 0.3) is 0 Å². The van der Waals surface area contributed by atoms with Gasteiger partial charge in [0, 0.05) is 22.3 Å². The first-order valence-electron chi connectivity index (χ1n) is 3.24. The molecule has 0 unspecified atom stereocenters.